The van der Waals surface area contributed by atoms with Crippen molar-refractivity contribution in [2.45, 2.75) is 31.6 Å². The van der Waals surface area contributed by atoms with Gasteiger partial charge in [0.2, 0.25) is 15.9 Å². The number of halogens is 1. The summed E-state index contributed by atoms with van der Waals surface area (Å²) in [5.74, 6) is -0.500. The van der Waals surface area contributed by atoms with Crippen molar-refractivity contribution >= 4 is 37.5 Å². The third-order valence-corrected chi connectivity index (χ3v) is 7.36. The number of rotatable bonds is 4. The first-order chi connectivity index (χ1) is 12.8. The average Bonchev–Trinajstić information content (AvgIpc) is 2.65. The highest BCUT2D eigenvalue weighted by molar-refractivity contribution is 9.10. The number of benzene rings is 2. The van der Waals surface area contributed by atoms with E-state index in [1.807, 2.05) is 43.3 Å². The average molecular weight is 451 g/mol. The van der Waals surface area contributed by atoms with Gasteiger partial charge in [0.25, 0.3) is 0 Å². The Morgan fingerprint density at radius 3 is 2.56 bits per heavy atom. The second kappa shape index (κ2) is 8.12. The lowest BCUT2D eigenvalue weighted by molar-refractivity contribution is -0.120. The molecule has 1 saturated heterocycles. The first kappa shape index (κ1) is 20.0. The predicted octanol–water partition coefficient (Wildman–Crippen LogP) is 4.11. The Labute approximate surface area is 169 Å². The summed E-state index contributed by atoms with van der Waals surface area (Å²) in [6, 6.07) is 12.8. The molecule has 0 saturated carbocycles. The number of anilines is 1. The minimum absolute atomic E-state index is 0.141. The molecule has 0 unspecified atom stereocenters. The predicted molar refractivity (Wildman–Crippen MR) is 110 cm³/mol. The van der Waals surface area contributed by atoms with Gasteiger partial charge in [0.1, 0.15) is 0 Å². The molecule has 2 aromatic carbocycles. The van der Waals surface area contributed by atoms with Crippen LogP contribution in [-0.4, -0.2) is 31.7 Å². The number of hydrogen-bond donors (Lipinski definition) is 1. The molecule has 2 aromatic rings. The number of piperidine rings is 1. The summed E-state index contributed by atoms with van der Waals surface area (Å²) in [7, 11) is -3.61. The third-order valence-electron chi connectivity index (χ3n) is 4.83. The highest BCUT2D eigenvalue weighted by Gasteiger charge is 2.34. The van der Waals surface area contributed by atoms with Gasteiger partial charge in [-0.1, -0.05) is 28.1 Å². The summed E-state index contributed by atoms with van der Waals surface area (Å²) < 4.78 is 28.6. The number of carbonyl (C=O) groups is 1. The van der Waals surface area contributed by atoms with Crippen molar-refractivity contribution in [2.24, 2.45) is 5.92 Å². The third kappa shape index (κ3) is 4.59. The molecule has 0 aliphatic carbocycles. The Morgan fingerprint density at radius 1 is 1.15 bits per heavy atom. The fraction of sp³-hybridized carbons (Fsp3) is 0.350. The molecule has 0 spiro atoms. The number of nitrogens with one attached hydrogen (secondary N) is 1. The van der Waals surface area contributed by atoms with Gasteiger partial charge in [0.15, 0.2) is 0 Å². The Bertz CT molecular complexity index is 942. The van der Waals surface area contributed by atoms with E-state index in [1.165, 1.54) is 4.31 Å². The molecule has 144 valence electrons. The molecule has 1 aliphatic heterocycles. The van der Waals surface area contributed by atoms with E-state index in [0.717, 1.165) is 15.6 Å². The highest BCUT2D eigenvalue weighted by Crippen LogP contribution is 2.27. The van der Waals surface area contributed by atoms with Crippen LogP contribution < -0.4 is 5.32 Å². The smallest absolute Gasteiger partial charge is 0.243 e. The van der Waals surface area contributed by atoms with Crippen molar-refractivity contribution in [2.75, 3.05) is 18.4 Å². The van der Waals surface area contributed by atoms with Gasteiger partial charge in [0.05, 0.1) is 10.8 Å². The van der Waals surface area contributed by atoms with Crippen LogP contribution in [0, 0.1) is 19.8 Å². The molecule has 7 heteroatoms. The fourth-order valence-electron chi connectivity index (χ4n) is 3.28. The molecule has 1 fully saturated rings. The molecule has 1 heterocycles. The van der Waals surface area contributed by atoms with Crippen LogP contribution in [0.15, 0.2) is 51.8 Å². The van der Waals surface area contributed by atoms with Gasteiger partial charge in [-0.3, -0.25) is 4.79 Å². The number of carbonyl (C=O) groups excluding carboxylic acids is 1. The largest absolute Gasteiger partial charge is 0.326 e. The van der Waals surface area contributed by atoms with Crippen LogP contribution in [0.3, 0.4) is 0 Å². The summed E-state index contributed by atoms with van der Waals surface area (Å²) in [6.07, 6.45) is 1.35. The molecule has 0 bridgehead atoms. The zero-order valence-corrected chi connectivity index (χ0v) is 17.8. The van der Waals surface area contributed by atoms with E-state index in [0.29, 0.717) is 30.0 Å². The second-order valence-corrected chi connectivity index (χ2v) is 9.79. The SMILES string of the molecule is Cc1ccc(C)c(S(=O)(=O)N2CCC[C@H](C(=O)Nc3ccc(Br)cc3)C2)c1. The maximum absolute atomic E-state index is 13.1. The van der Waals surface area contributed by atoms with Crippen molar-refractivity contribution in [3.05, 3.63) is 58.1 Å². The van der Waals surface area contributed by atoms with Crippen molar-refractivity contribution < 1.29 is 13.2 Å². The van der Waals surface area contributed by atoms with Crippen LogP contribution in [-0.2, 0) is 14.8 Å². The molecule has 5 nitrogen and oxygen atoms in total. The van der Waals surface area contributed by atoms with Gasteiger partial charge < -0.3 is 5.32 Å². The molecule has 1 aliphatic rings. The van der Waals surface area contributed by atoms with E-state index in [2.05, 4.69) is 21.2 Å². The molecule has 0 radical (unpaired) electrons. The zero-order valence-electron chi connectivity index (χ0n) is 15.4. The Kier molecular flexibility index (Phi) is 6.03. The number of amides is 1. The Balaban J connectivity index is 1.76. The standard InChI is InChI=1S/C20H23BrN2O3S/c1-14-5-6-15(2)19(12-14)27(25,26)23-11-3-4-16(13-23)20(24)22-18-9-7-17(21)8-10-18/h5-10,12,16H,3-4,11,13H2,1-2H3,(H,22,24)/t16-/m0/s1. The van der Waals surface area contributed by atoms with E-state index in [9.17, 15) is 13.2 Å². The minimum Gasteiger partial charge on any atom is -0.326 e. The van der Waals surface area contributed by atoms with Crippen LogP contribution in [0.25, 0.3) is 0 Å². The van der Waals surface area contributed by atoms with Crippen LogP contribution >= 0.6 is 15.9 Å². The Hall–Kier alpha value is -1.70. The van der Waals surface area contributed by atoms with E-state index in [1.54, 1.807) is 13.0 Å². The van der Waals surface area contributed by atoms with E-state index in [4.69, 9.17) is 0 Å². The molecule has 0 aromatic heterocycles. The lowest BCUT2D eigenvalue weighted by Gasteiger charge is -2.31. The summed E-state index contributed by atoms with van der Waals surface area (Å²) in [5.41, 5.74) is 2.33. The lowest BCUT2D eigenvalue weighted by atomic mass is 9.99. The summed E-state index contributed by atoms with van der Waals surface area (Å²) in [4.78, 5) is 13.0. The van der Waals surface area contributed by atoms with Crippen molar-refractivity contribution in [1.29, 1.82) is 0 Å². The summed E-state index contributed by atoms with van der Waals surface area (Å²) >= 11 is 3.36. The van der Waals surface area contributed by atoms with E-state index < -0.39 is 10.0 Å². The van der Waals surface area contributed by atoms with Gasteiger partial charge >= 0.3 is 0 Å². The molecule has 3 rings (SSSR count). The number of hydrogen-bond acceptors (Lipinski definition) is 3. The molecule has 1 atom stereocenters. The van der Waals surface area contributed by atoms with Crippen molar-refractivity contribution in [3.63, 3.8) is 0 Å². The van der Waals surface area contributed by atoms with Gasteiger partial charge in [-0.2, -0.15) is 4.31 Å². The topological polar surface area (TPSA) is 66.5 Å². The summed E-state index contributed by atoms with van der Waals surface area (Å²) in [6.45, 7) is 4.33. The quantitative estimate of drug-likeness (QED) is 0.761. The van der Waals surface area contributed by atoms with Crippen LogP contribution in [0.2, 0.25) is 0 Å². The first-order valence-corrected chi connectivity index (χ1v) is 11.1. The molecule has 1 amide bonds. The highest BCUT2D eigenvalue weighted by atomic mass is 79.9. The maximum Gasteiger partial charge on any atom is 0.243 e. The maximum atomic E-state index is 13.1. The molecular weight excluding hydrogens is 428 g/mol. The minimum atomic E-state index is -3.61. The first-order valence-electron chi connectivity index (χ1n) is 8.91. The molecule has 27 heavy (non-hydrogen) atoms. The fourth-order valence-corrected chi connectivity index (χ4v) is 5.37. The normalized spacial score (nSPS) is 18.3. The van der Waals surface area contributed by atoms with Crippen LogP contribution in [0.5, 0.6) is 0 Å². The van der Waals surface area contributed by atoms with Crippen LogP contribution in [0.4, 0.5) is 5.69 Å². The monoisotopic (exact) mass is 450 g/mol. The van der Waals surface area contributed by atoms with Gasteiger partial charge in [-0.05, 0) is 68.1 Å². The van der Waals surface area contributed by atoms with Crippen molar-refractivity contribution in [1.82, 2.24) is 4.31 Å². The van der Waals surface area contributed by atoms with E-state index in [-0.39, 0.29) is 18.4 Å². The van der Waals surface area contributed by atoms with Gasteiger partial charge in [-0.15, -0.1) is 0 Å². The summed E-state index contributed by atoms with van der Waals surface area (Å²) in [5, 5.41) is 2.89. The Morgan fingerprint density at radius 2 is 1.85 bits per heavy atom. The lowest BCUT2D eigenvalue weighted by Crippen LogP contribution is -2.43. The zero-order chi connectivity index (χ0) is 19.6. The molecule has 1 N–H and O–H groups in total. The molecular formula is C20H23BrN2O3S. The van der Waals surface area contributed by atoms with Gasteiger partial charge in [-0.25, -0.2) is 8.42 Å². The second-order valence-electron chi connectivity index (χ2n) is 6.97. The van der Waals surface area contributed by atoms with Gasteiger partial charge in [0, 0.05) is 23.2 Å². The number of nitrogens with zero attached hydrogens (tertiary/aromatic N) is 1. The number of aryl methyl sites for hydroxylation is 2. The van der Waals surface area contributed by atoms with E-state index >= 15 is 0 Å². The van der Waals surface area contributed by atoms with Crippen LogP contribution in [0.1, 0.15) is 24.0 Å². The van der Waals surface area contributed by atoms with Crippen molar-refractivity contribution in [3.8, 4) is 0 Å². The number of sulfonamides is 1.